The molecule has 1 atom stereocenters. The van der Waals surface area contributed by atoms with Crippen LogP contribution in [-0.4, -0.2) is 35.0 Å². The van der Waals surface area contributed by atoms with Crippen molar-refractivity contribution in [3.8, 4) is 0 Å². The van der Waals surface area contributed by atoms with Crippen molar-refractivity contribution in [1.82, 2.24) is 4.90 Å². The number of piperidine rings is 1. The quantitative estimate of drug-likeness (QED) is 0.934. The highest BCUT2D eigenvalue weighted by atomic mass is 16.4. The average molecular weight is 301 g/mol. The van der Waals surface area contributed by atoms with Gasteiger partial charge in [0.15, 0.2) is 0 Å². The third-order valence-electron chi connectivity index (χ3n) is 5.25. The lowest BCUT2D eigenvalue weighted by Gasteiger charge is -2.38. The summed E-state index contributed by atoms with van der Waals surface area (Å²) in [4.78, 5) is 26.3. The Balaban J connectivity index is 1.86. The zero-order valence-electron chi connectivity index (χ0n) is 12.8. The minimum Gasteiger partial charge on any atom is -0.481 e. The first kappa shape index (κ1) is 15.1. The van der Waals surface area contributed by atoms with E-state index in [4.69, 9.17) is 0 Å². The lowest BCUT2D eigenvalue weighted by Crippen LogP contribution is -2.50. The molecule has 0 aromatic heterocycles. The molecule has 1 unspecified atom stereocenters. The van der Waals surface area contributed by atoms with Gasteiger partial charge in [-0.1, -0.05) is 43.2 Å². The first-order valence-corrected chi connectivity index (χ1v) is 8.21. The van der Waals surface area contributed by atoms with E-state index in [9.17, 15) is 14.7 Å². The Kier molecular flexibility index (Phi) is 4.19. The maximum absolute atomic E-state index is 13.2. The molecule has 2 fully saturated rings. The molecule has 3 rings (SSSR count). The number of nitrogens with zero attached hydrogens (tertiary/aromatic N) is 1. The summed E-state index contributed by atoms with van der Waals surface area (Å²) in [5, 5.41) is 9.25. The molecule has 1 aromatic carbocycles. The second kappa shape index (κ2) is 6.11. The summed E-state index contributed by atoms with van der Waals surface area (Å²) in [6.45, 7) is 1.06. The lowest BCUT2D eigenvalue weighted by molar-refractivity contribution is -0.147. The number of carbonyl (C=O) groups is 2. The van der Waals surface area contributed by atoms with Gasteiger partial charge in [-0.2, -0.15) is 0 Å². The van der Waals surface area contributed by atoms with E-state index < -0.39 is 17.3 Å². The van der Waals surface area contributed by atoms with Gasteiger partial charge in [0, 0.05) is 13.1 Å². The number of carboxylic acids is 1. The van der Waals surface area contributed by atoms with Crippen LogP contribution in [0.25, 0.3) is 0 Å². The number of amides is 1. The van der Waals surface area contributed by atoms with Crippen molar-refractivity contribution in [2.45, 2.75) is 43.9 Å². The number of benzene rings is 1. The average Bonchev–Trinajstić information content (AvgIpc) is 3.06. The number of carbonyl (C=O) groups excluding carboxylic acids is 1. The van der Waals surface area contributed by atoms with Gasteiger partial charge in [0.25, 0.3) is 0 Å². The maximum atomic E-state index is 13.2. The van der Waals surface area contributed by atoms with Crippen molar-refractivity contribution in [2.75, 3.05) is 13.1 Å². The second-order valence-corrected chi connectivity index (χ2v) is 6.58. The van der Waals surface area contributed by atoms with Gasteiger partial charge in [0.2, 0.25) is 5.91 Å². The Bertz CT molecular complexity index is 549. The van der Waals surface area contributed by atoms with Gasteiger partial charge in [0.1, 0.15) is 0 Å². The first-order chi connectivity index (χ1) is 10.6. The van der Waals surface area contributed by atoms with Crippen LogP contribution in [0, 0.1) is 5.92 Å². The molecule has 1 heterocycles. The van der Waals surface area contributed by atoms with Crippen LogP contribution < -0.4 is 0 Å². The zero-order chi connectivity index (χ0) is 15.6. The fourth-order valence-electron chi connectivity index (χ4n) is 4.03. The molecule has 1 amide bonds. The molecule has 4 nitrogen and oxygen atoms in total. The van der Waals surface area contributed by atoms with Gasteiger partial charge in [-0.25, -0.2) is 0 Å². The summed E-state index contributed by atoms with van der Waals surface area (Å²) in [5.41, 5.74) is 0.664. The van der Waals surface area contributed by atoms with E-state index in [-0.39, 0.29) is 5.91 Å². The van der Waals surface area contributed by atoms with Gasteiger partial charge in [-0.15, -0.1) is 0 Å². The van der Waals surface area contributed by atoms with Crippen molar-refractivity contribution >= 4 is 11.9 Å². The molecular weight excluding hydrogens is 278 g/mol. The summed E-state index contributed by atoms with van der Waals surface area (Å²) in [6, 6.07) is 10.0. The van der Waals surface area contributed by atoms with Crippen LogP contribution in [-0.2, 0) is 15.0 Å². The highest BCUT2D eigenvalue weighted by Gasteiger charge is 2.45. The SMILES string of the molecule is O=C(O)C1CCCN(C(=O)C2(c3ccccc3)CCCC2)C1. The molecule has 0 bridgehead atoms. The number of likely N-dealkylation sites (tertiary alicyclic amines) is 1. The van der Waals surface area contributed by atoms with Gasteiger partial charge in [0.05, 0.1) is 11.3 Å². The van der Waals surface area contributed by atoms with Crippen molar-refractivity contribution in [2.24, 2.45) is 5.92 Å². The maximum Gasteiger partial charge on any atom is 0.308 e. The number of rotatable bonds is 3. The van der Waals surface area contributed by atoms with Crippen LogP contribution in [0.4, 0.5) is 0 Å². The van der Waals surface area contributed by atoms with E-state index >= 15 is 0 Å². The molecule has 1 saturated heterocycles. The summed E-state index contributed by atoms with van der Waals surface area (Å²) >= 11 is 0. The van der Waals surface area contributed by atoms with E-state index in [0.717, 1.165) is 37.7 Å². The molecule has 0 spiro atoms. The normalized spacial score (nSPS) is 24.2. The standard InChI is InChI=1S/C18H23NO3/c20-16(21)14-7-6-12-19(13-14)17(22)18(10-4-5-11-18)15-8-2-1-3-9-15/h1-3,8-9,14H,4-7,10-13H2,(H,20,21). The van der Waals surface area contributed by atoms with Crippen molar-refractivity contribution in [3.05, 3.63) is 35.9 Å². The summed E-state index contributed by atoms with van der Waals surface area (Å²) in [6.07, 6.45) is 5.35. The number of aliphatic carboxylic acids is 1. The fourth-order valence-corrected chi connectivity index (χ4v) is 4.03. The third-order valence-corrected chi connectivity index (χ3v) is 5.25. The van der Waals surface area contributed by atoms with E-state index in [2.05, 4.69) is 0 Å². The molecule has 22 heavy (non-hydrogen) atoms. The molecule has 1 aliphatic heterocycles. The van der Waals surface area contributed by atoms with Crippen molar-refractivity contribution in [1.29, 1.82) is 0 Å². The Morgan fingerprint density at radius 3 is 2.41 bits per heavy atom. The molecule has 118 valence electrons. The number of hydrogen-bond acceptors (Lipinski definition) is 2. The molecular formula is C18H23NO3. The molecule has 4 heteroatoms. The van der Waals surface area contributed by atoms with Gasteiger partial charge >= 0.3 is 5.97 Å². The molecule has 1 N–H and O–H groups in total. The molecule has 0 radical (unpaired) electrons. The van der Waals surface area contributed by atoms with Gasteiger partial charge < -0.3 is 10.0 Å². The Labute approximate surface area is 131 Å². The number of hydrogen-bond donors (Lipinski definition) is 1. The van der Waals surface area contributed by atoms with Crippen LogP contribution in [0.15, 0.2) is 30.3 Å². The van der Waals surface area contributed by atoms with Crippen LogP contribution in [0.2, 0.25) is 0 Å². The summed E-state index contributed by atoms with van der Waals surface area (Å²) in [7, 11) is 0. The van der Waals surface area contributed by atoms with E-state index in [0.29, 0.717) is 19.5 Å². The van der Waals surface area contributed by atoms with Crippen molar-refractivity contribution in [3.63, 3.8) is 0 Å². The molecule has 2 aliphatic rings. The Hall–Kier alpha value is -1.84. The highest BCUT2D eigenvalue weighted by Crippen LogP contribution is 2.43. The van der Waals surface area contributed by atoms with Crippen LogP contribution >= 0.6 is 0 Å². The molecule has 1 aromatic rings. The lowest BCUT2D eigenvalue weighted by atomic mass is 9.77. The van der Waals surface area contributed by atoms with Gasteiger partial charge in [-0.3, -0.25) is 9.59 Å². The largest absolute Gasteiger partial charge is 0.481 e. The second-order valence-electron chi connectivity index (χ2n) is 6.58. The zero-order valence-corrected chi connectivity index (χ0v) is 12.8. The van der Waals surface area contributed by atoms with Crippen LogP contribution in [0.5, 0.6) is 0 Å². The topological polar surface area (TPSA) is 57.6 Å². The predicted molar refractivity (Wildman–Crippen MR) is 83.5 cm³/mol. The van der Waals surface area contributed by atoms with Crippen LogP contribution in [0.1, 0.15) is 44.1 Å². The summed E-state index contributed by atoms with van der Waals surface area (Å²) in [5.74, 6) is -1.05. The minimum atomic E-state index is -0.780. The molecule has 1 saturated carbocycles. The monoisotopic (exact) mass is 301 g/mol. The third kappa shape index (κ3) is 2.62. The van der Waals surface area contributed by atoms with Gasteiger partial charge in [-0.05, 0) is 31.2 Å². The smallest absolute Gasteiger partial charge is 0.308 e. The Morgan fingerprint density at radius 2 is 1.77 bits per heavy atom. The van der Waals surface area contributed by atoms with Crippen molar-refractivity contribution < 1.29 is 14.7 Å². The highest BCUT2D eigenvalue weighted by molar-refractivity contribution is 5.89. The predicted octanol–water partition coefficient (Wildman–Crippen LogP) is 2.82. The summed E-state index contributed by atoms with van der Waals surface area (Å²) < 4.78 is 0. The minimum absolute atomic E-state index is 0.141. The van der Waals surface area contributed by atoms with E-state index in [1.54, 1.807) is 4.90 Å². The molecule has 1 aliphatic carbocycles. The first-order valence-electron chi connectivity index (χ1n) is 8.21. The van der Waals surface area contributed by atoms with E-state index in [1.807, 2.05) is 30.3 Å². The van der Waals surface area contributed by atoms with Crippen LogP contribution in [0.3, 0.4) is 0 Å². The Morgan fingerprint density at radius 1 is 1.09 bits per heavy atom. The van der Waals surface area contributed by atoms with E-state index in [1.165, 1.54) is 0 Å². The number of carboxylic acid groups (broad SMARTS) is 1. The fraction of sp³-hybridized carbons (Fsp3) is 0.556.